The molecular formula is C13H11NO3. The molecule has 0 aliphatic carbocycles. The minimum Gasteiger partial charge on any atom is -0.477 e. The monoisotopic (exact) mass is 229 g/mol. The van der Waals surface area contributed by atoms with Crippen molar-refractivity contribution in [3.05, 3.63) is 58.0 Å². The van der Waals surface area contributed by atoms with Gasteiger partial charge in [0.15, 0.2) is 0 Å². The van der Waals surface area contributed by atoms with Crippen LogP contribution in [-0.2, 0) is 0 Å². The lowest BCUT2D eigenvalue weighted by Gasteiger charge is -2.05. The number of hydrogen-bond donors (Lipinski definition) is 2. The molecule has 2 rings (SSSR count). The van der Waals surface area contributed by atoms with Crippen LogP contribution in [0.4, 0.5) is 0 Å². The van der Waals surface area contributed by atoms with Gasteiger partial charge in [-0.25, -0.2) is 4.79 Å². The van der Waals surface area contributed by atoms with Gasteiger partial charge in [-0.15, -0.1) is 0 Å². The van der Waals surface area contributed by atoms with Gasteiger partial charge in [0.25, 0.3) is 0 Å². The fraction of sp³-hybridized carbons (Fsp3) is 0.0769. The number of carboxylic acids is 1. The van der Waals surface area contributed by atoms with Crippen molar-refractivity contribution in [3.8, 4) is 11.1 Å². The van der Waals surface area contributed by atoms with E-state index >= 15 is 0 Å². The normalized spacial score (nSPS) is 10.2. The van der Waals surface area contributed by atoms with Gasteiger partial charge in [-0.2, -0.15) is 0 Å². The van der Waals surface area contributed by atoms with Crippen LogP contribution in [-0.4, -0.2) is 16.1 Å². The Morgan fingerprint density at radius 3 is 2.35 bits per heavy atom. The summed E-state index contributed by atoms with van der Waals surface area (Å²) in [4.78, 5) is 24.5. The van der Waals surface area contributed by atoms with Gasteiger partial charge >= 0.3 is 5.97 Å². The van der Waals surface area contributed by atoms with E-state index in [1.165, 1.54) is 12.1 Å². The van der Waals surface area contributed by atoms with Gasteiger partial charge in [-0.05, 0) is 18.6 Å². The van der Waals surface area contributed by atoms with Crippen molar-refractivity contribution >= 4 is 5.97 Å². The van der Waals surface area contributed by atoms with E-state index in [4.69, 9.17) is 5.11 Å². The zero-order valence-electron chi connectivity index (χ0n) is 9.23. The molecule has 0 saturated heterocycles. The van der Waals surface area contributed by atoms with Crippen molar-refractivity contribution in [1.29, 1.82) is 0 Å². The Labute approximate surface area is 97.6 Å². The zero-order valence-corrected chi connectivity index (χ0v) is 9.23. The number of benzene rings is 1. The van der Waals surface area contributed by atoms with Crippen LogP contribution in [0.2, 0.25) is 0 Å². The van der Waals surface area contributed by atoms with E-state index in [9.17, 15) is 9.59 Å². The third-order valence-corrected chi connectivity index (χ3v) is 2.50. The smallest absolute Gasteiger partial charge is 0.353 e. The summed E-state index contributed by atoms with van der Waals surface area (Å²) in [6.45, 7) is 1.95. The van der Waals surface area contributed by atoms with E-state index < -0.39 is 11.5 Å². The third kappa shape index (κ3) is 2.25. The van der Waals surface area contributed by atoms with E-state index in [0.717, 1.165) is 11.1 Å². The van der Waals surface area contributed by atoms with Crippen LogP contribution in [0.5, 0.6) is 0 Å². The first-order valence-corrected chi connectivity index (χ1v) is 5.11. The van der Waals surface area contributed by atoms with Gasteiger partial charge in [0.1, 0.15) is 5.69 Å². The molecule has 0 saturated carbocycles. The van der Waals surface area contributed by atoms with E-state index in [2.05, 4.69) is 4.98 Å². The first-order valence-electron chi connectivity index (χ1n) is 5.11. The summed E-state index contributed by atoms with van der Waals surface area (Å²) in [7, 11) is 0. The Kier molecular flexibility index (Phi) is 2.78. The molecule has 0 atom stereocenters. The highest BCUT2D eigenvalue weighted by atomic mass is 16.4. The van der Waals surface area contributed by atoms with E-state index in [1.807, 2.05) is 31.2 Å². The Balaban J connectivity index is 2.62. The highest BCUT2D eigenvalue weighted by molar-refractivity contribution is 5.93. The molecule has 0 unspecified atom stereocenters. The number of aromatic carboxylic acids is 1. The van der Waals surface area contributed by atoms with Gasteiger partial charge in [0.2, 0.25) is 5.56 Å². The largest absolute Gasteiger partial charge is 0.477 e. The molecule has 2 N–H and O–H groups in total. The second-order valence-corrected chi connectivity index (χ2v) is 3.78. The Morgan fingerprint density at radius 1 is 1.12 bits per heavy atom. The molecule has 2 aromatic rings. The number of carboxylic acid groups (broad SMARTS) is 1. The molecule has 0 aliphatic heterocycles. The van der Waals surface area contributed by atoms with Gasteiger partial charge in [0, 0.05) is 11.6 Å². The molecular weight excluding hydrogens is 218 g/mol. The standard InChI is InChI=1S/C13H11NO3/c1-8-2-4-9(5-3-8)10-6-7-11(15)14-12(10)13(16)17/h2-7H,1H3,(H,14,15)(H,16,17). The van der Waals surface area contributed by atoms with Gasteiger partial charge in [-0.3, -0.25) is 4.79 Å². The number of pyridine rings is 1. The molecule has 4 heteroatoms. The number of nitrogens with one attached hydrogen (secondary N) is 1. The number of aryl methyl sites for hydroxylation is 1. The van der Waals surface area contributed by atoms with Crippen molar-refractivity contribution in [2.24, 2.45) is 0 Å². The lowest BCUT2D eigenvalue weighted by atomic mass is 10.0. The lowest BCUT2D eigenvalue weighted by molar-refractivity contribution is 0.0691. The maximum Gasteiger partial charge on any atom is 0.353 e. The molecule has 0 fully saturated rings. The molecule has 0 amide bonds. The summed E-state index contributed by atoms with van der Waals surface area (Å²) in [5, 5.41) is 9.04. The van der Waals surface area contributed by atoms with Gasteiger partial charge in [0.05, 0.1) is 0 Å². The molecule has 0 radical (unpaired) electrons. The van der Waals surface area contributed by atoms with Crippen LogP contribution in [0.1, 0.15) is 16.1 Å². The number of aromatic amines is 1. The molecule has 0 bridgehead atoms. The molecule has 1 aromatic carbocycles. The van der Waals surface area contributed by atoms with Crippen molar-refractivity contribution < 1.29 is 9.90 Å². The van der Waals surface area contributed by atoms with Crippen molar-refractivity contribution in [1.82, 2.24) is 4.98 Å². The maximum atomic E-state index is 11.1. The Morgan fingerprint density at radius 2 is 1.76 bits per heavy atom. The first kappa shape index (κ1) is 11.1. The maximum absolute atomic E-state index is 11.1. The third-order valence-electron chi connectivity index (χ3n) is 2.50. The molecule has 1 heterocycles. The summed E-state index contributed by atoms with van der Waals surface area (Å²) >= 11 is 0. The van der Waals surface area contributed by atoms with Crippen molar-refractivity contribution in [2.75, 3.05) is 0 Å². The molecule has 0 aliphatic rings. The predicted octanol–water partition coefficient (Wildman–Crippen LogP) is 2.05. The Bertz CT molecular complexity index is 611. The van der Waals surface area contributed by atoms with Gasteiger partial charge in [-0.1, -0.05) is 29.8 Å². The van der Waals surface area contributed by atoms with Crippen LogP contribution >= 0.6 is 0 Å². The van der Waals surface area contributed by atoms with Crippen molar-refractivity contribution in [2.45, 2.75) is 6.92 Å². The summed E-state index contributed by atoms with van der Waals surface area (Å²) in [5.74, 6) is -1.14. The van der Waals surface area contributed by atoms with Crippen LogP contribution in [0.25, 0.3) is 11.1 Å². The minimum absolute atomic E-state index is 0.0821. The molecule has 0 spiro atoms. The average molecular weight is 229 g/mol. The predicted molar refractivity (Wildman–Crippen MR) is 64.2 cm³/mol. The zero-order chi connectivity index (χ0) is 12.4. The second-order valence-electron chi connectivity index (χ2n) is 3.78. The van der Waals surface area contributed by atoms with Gasteiger partial charge < -0.3 is 10.1 Å². The van der Waals surface area contributed by atoms with Crippen LogP contribution in [0.3, 0.4) is 0 Å². The van der Waals surface area contributed by atoms with E-state index in [1.54, 1.807) is 0 Å². The summed E-state index contributed by atoms with van der Waals surface area (Å²) in [6.07, 6.45) is 0. The number of aromatic nitrogens is 1. The molecule has 1 aromatic heterocycles. The quantitative estimate of drug-likeness (QED) is 0.827. The summed E-state index contributed by atoms with van der Waals surface area (Å²) in [6, 6.07) is 10.3. The van der Waals surface area contributed by atoms with Crippen LogP contribution in [0, 0.1) is 6.92 Å². The summed E-state index contributed by atoms with van der Waals surface area (Å²) in [5.41, 5.74) is 1.87. The highest BCUT2D eigenvalue weighted by Gasteiger charge is 2.12. The van der Waals surface area contributed by atoms with Crippen molar-refractivity contribution in [3.63, 3.8) is 0 Å². The Hall–Kier alpha value is -2.36. The minimum atomic E-state index is -1.14. The fourth-order valence-electron chi connectivity index (χ4n) is 1.62. The lowest BCUT2D eigenvalue weighted by Crippen LogP contribution is -2.12. The second kappa shape index (κ2) is 4.25. The number of H-pyrrole nitrogens is 1. The summed E-state index contributed by atoms with van der Waals surface area (Å²) < 4.78 is 0. The van der Waals surface area contributed by atoms with E-state index in [-0.39, 0.29) is 5.69 Å². The fourth-order valence-corrected chi connectivity index (χ4v) is 1.62. The molecule has 17 heavy (non-hydrogen) atoms. The molecule has 86 valence electrons. The first-order chi connectivity index (χ1) is 8.08. The number of carbonyl (C=O) groups is 1. The highest BCUT2D eigenvalue weighted by Crippen LogP contribution is 2.21. The van der Waals surface area contributed by atoms with Crippen LogP contribution < -0.4 is 5.56 Å². The molecule has 4 nitrogen and oxygen atoms in total. The van der Waals surface area contributed by atoms with E-state index in [0.29, 0.717) is 5.56 Å². The number of rotatable bonds is 2. The number of hydrogen-bond acceptors (Lipinski definition) is 2. The average Bonchev–Trinajstić information content (AvgIpc) is 2.30. The van der Waals surface area contributed by atoms with Crippen LogP contribution in [0.15, 0.2) is 41.2 Å². The topological polar surface area (TPSA) is 70.2 Å². The SMILES string of the molecule is Cc1ccc(-c2ccc(=O)[nH]c2C(=O)O)cc1.